The second kappa shape index (κ2) is 18.0. The van der Waals surface area contributed by atoms with Gasteiger partial charge in [-0.1, -0.05) is 97.4 Å². The Morgan fingerprint density at radius 1 is 0.849 bits per heavy atom. The molecule has 1 N–H and O–H groups in total. The normalized spacial score (nSPS) is 17.3. The number of rotatable bonds is 12. The van der Waals surface area contributed by atoms with Gasteiger partial charge in [-0.2, -0.15) is 0 Å². The molecule has 3 atom stereocenters. The molecule has 3 amide bonds. The molecule has 53 heavy (non-hydrogen) atoms. The van der Waals surface area contributed by atoms with Crippen LogP contribution in [-0.2, 0) is 35.6 Å². The van der Waals surface area contributed by atoms with Gasteiger partial charge in [0.05, 0.1) is 11.6 Å². The predicted octanol–water partition coefficient (Wildman–Crippen LogP) is 7.16. The van der Waals surface area contributed by atoms with Crippen molar-refractivity contribution in [1.82, 2.24) is 9.80 Å². The quantitative estimate of drug-likeness (QED) is 0.120. The third kappa shape index (κ3) is 9.22. The van der Waals surface area contributed by atoms with Gasteiger partial charge in [0.15, 0.2) is 6.04 Å². The number of hydrogen-bond donors (Lipinski definition) is 1. The number of carboxylic acids is 1. The molecule has 2 heterocycles. The summed E-state index contributed by atoms with van der Waals surface area (Å²) in [5.74, 6) is -6.75. The predicted molar refractivity (Wildman–Crippen MR) is 189 cm³/mol. The first-order valence-electron chi connectivity index (χ1n) is 17.1. The maximum Gasteiger partial charge on any atom is 0.417 e. The first-order valence-corrected chi connectivity index (χ1v) is 17.1. The van der Waals surface area contributed by atoms with Gasteiger partial charge in [0.1, 0.15) is 24.3 Å². The van der Waals surface area contributed by atoms with Crippen LogP contribution in [0.5, 0.6) is 0 Å². The Hall–Kier alpha value is -5.26. The Morgan fingerprint density at radius 2 is 1.47 bits per heavy atom. The van der Waals surface area contributed by atoms with Gasteiger partial charge < -0.3 is 20.0 Å². The van der Waals surface area contributed by atoms with Crippen LogP contribution in [0.25, 0.3) is 5.32 Å². The third-order valence-corrected chi connectivity index (χ3v) is 9.25. The maximum atomic E-state index is 15.6. The van der Waals surface area contributed by atoms with Crippen molar-refractivity contribution in [3.63, 3.8) is 0 Å². The van der Waals surface area contributed by atoms with Crippen molar-refractivity contribution >= 4 is 35.3 Å². The molecular weight excluding hydrogens is 729 g/mol. The number of amides is 3. The number of cyclic esters (lactones) is 1. The van der Waals surface area contributed by atoms with Crippen molar-refractivity contribution in [2.45, 2.75) is 43.7 Å². The summed E-state index contributed by atoms with van der Waals surface area (Å²) in [5.41, 5.74) is 0.966. The van der Waals surface area contributed by atoms with Crippen LogP contribution in [0.2, 0.25) is 0 Å². The van der Waals surface area contributed by atoms with Crippen LogP contribution in [0.1, 0.15) is 59.9 Å². The van der Waals surface area contributed by atoms with Gasteiger partial charge in [-0.25, -0.2) is 23.3 Å². The minimum atomic E-state index is -1.95. The second-order valence-corrected chi connectivity index (χ2v) is 12.7. The van der Waals surface area contributed by atoms with Gasteiger partial charge in [0.2, 0.25) is 5.91 Å². The van der Waals surface area contributed by atoms with E-state index in [0.717, 1.165) is 55.5 Å². The third-order valence-electron chi connectivity index (χ3n) is 9.25. The van der Waals surface area contributed by atoms with E-state index < -0.39 is 59.6 Å². The van der Waals surface area contributed by atoms with Crippen molar-refractivity contribution in [1.29, 1.82) is 0 Å². The Morgan fingerprint density at radius 3 is 2.13 bits per heavy atom. The topological polar surface area (TPSA) is 131 Å². The molecule has 13 heteroatoms. The van der Waals surface area contributed by atoms with Crippen molar-refractivity contribution < 1.29 is 54.3 Å². The van der Waals surface area contributed by atoms with Crippen molar-refractivity contribution in [3.8, 4) is 0 Å². The number of benzene rings is 4. The summed E-state index contributed by atoms with van der Waals surface area (Å²) < 4.78 is 36.4. The van der Waals surface area contributed by atoms with Gasteiger partial charge in [0, 0.05) is 46.5 Å². The molecule has 6 rings (SSSR count). The Labute approximate surface area is 315 Å². The van der Waals surface area contributed by atoms with Crippen LogP contribution >= 0.6 is 0 Å². The molecule has 2 aliphatic heterocycles. The van der Waals surface area contributed by atoms with E-state index in [1.165, 1.54) is 0 Å². The first kappa shape index (κ1) is 39.0. The molecule has 2 saturated heterocycles. The van der Waals surface area contributed by atoms with Gasteiger partial charge in [-0.05, 0) is 49.2 Å². The zero-order chi connectivity index (χ0) is 36.6. The minimum Gasteiger partial charge on any atom is -0.625 e. The molecule has 0 saturated carbocycles. The van der Waals surface area contributed by atoms with Crippen LogP contribution in [0, 0.1) is 11.6 Å². The molecule has 0 spiro atoms. The molecule has 4 aromatic rings. The number of aliphatic imine (C=N–C) groups is 1. The van der Waals surface area contributed by atoms with E-state index in [-0.39, 0.29) is 46.9 Å². The van der Waals surface area contributed by atoms with E-state index in [1.54, 1.807) is 84.9 Å². The van der Waals surface area contributed by atoms with E-state index in [4.69, 9.17) is 4.74 Å². The number of imide groups is 1. The number of hydrogen-bond acceptors (Lipinski definition) is 7. The zero-order valence-electron chi connectivity index (χ0n) is 28.6. The Kier molecular flexibility index (Phi) is 13.2. The fourth-order valence-electron chi connectivity index (χ4n) is 6.74. The van der Waals surface area contributed by atoms with Crippen molar-refractivity contribution in [2.24, 2.45) is 4.99 Å². The SMILES string of the molecule is O=C(CN1CCCCC1)[N-]c1ccccc1C(=N[C@H](C(=O)O)[C@H](CC(=O)N1C(=O)OC[C@@H]1c1ccccc1)c1c(F)cccc1F)c1ccccc1.[Ni]. The number of likely N-dealkylation sites (tertiary alicyclic amines) is 1. The minimum absolute atomic E-state index is 0. The number of para-hydroxylation sites is 1. The summed E-state index contributed by atoms with van der Waals surface area (Å²) in [4.78, 5) is 60.9. The second-order valence-electron chi connectivity index (χ2n) is 12.7. The molecule has 10 nitrogen and oxygen atoms in total. The number of nitrogens with zero attached hydrogens (tertiary/aromatic N) is 4. The molecule has 278 valence electrons. The van der Waals surface area contributed by atoms with Gasteiger partial charge in [-0.3, -0.25) is 14.7 Å². The number of carbonyl (C=O) groups is 4. The molecule has 0 bridgehead atoms. The number of carbonyl (C=O) groups excluding carboxylic acids is 3. The Bertz CT molecular complexity index is 1940. The zero-order valence-corrected chi connectivity index (χ0v) is 29.5. The van der Waals surface area contributed by atoms with E-state index in [0.29, 0.717) is 16.7 Å². The van der Waals surface area contributed by atoms with E-state index in [9.17, 15) is 24.3 Å². The maximum absolute atomic E-state index is 15.6. The fourth-order valence-corrected chi connectivity index (χ4v) is 6.74. The molecule has 0 aliphatic carbocycles. The number of halogens is 2. The summed E-state index contributed by atoms with van der Waals surface area (Å²) in [6.07, 6.45) is 1.31. The number of ether oxygens (including phenoxy) is 1. The molecule has 0 aromatic heterocycles. The number of carboxylic acid groups (broad SMARTS) is 1. The summed E-state index contributed by atoms with van der Waals surface area (Å²) in [7, 11) is 0. The van der Waals surface area contributed by atoms with Gasteiger partial charge in [-0.15, -0.1) is 5.69 Å². The van der Waals surface area contributed by atoms with E-state index in [2.05, 4.69) is 10.3 Å². The summed E-state index contributed by atoms with van der Waals surface area (Å²) in [6.45, 7) is 1.54. The Balaban J connectivity index is 0.00000541. The van der Waals surface area contributed by atoms with Crippen LogP contribution in [0.15, 0.2) is 108 Å². The smallest absolute Gasteiger partial charge is 0.417 e. The molecule has 2 fully saturated rings. The molecular formula is C40H37F2N4NiO6-. The molecule has 2 aliphatic rings. The molecule has 4 aromatic carbocycles. The average Bonchev–Trinajstić information content (AvgIpc) is 3.54. The molecule has 0 radical (unpaired) electrons. The van der Waals surface area contributed by atoms with Gasteiger partial charge >= 0.3 is 12.1 Å². The summed E-state index contributed by atoms with van der Waals surface area (Å²) in [6, 6.07) is 24.0. The van der Waals surface area contributed by atoms with E-state index in [1.807, 2.05) is 4.90 Å². The van der Waals surface area contributed by atoms with Crippen molar-refractivity contribution in [3.05, 3.63) is 142 Å². The fraction of sp³-hybridized carbons (Fsp3) is 0.275. The first-order chi connectivity index (χ1) is 25.2. The van der Waals surface area contributed by atoms with Crippen LogP contribution in [0.3, 0.4) is 0 Å². The van der Waals surface area contributed by atoms with Crippen LogP contribution < -0.4 is 0 Å². The number of aliphatic carboxylic acids is 1. The van der Waals surface area contributed by atoms with Gasteiger partial charge in [0.25, 0.3) is 0 Å². The standard InChI is InChI=1S/C40H38F2N4O6.Ni/c41-30-18-12-19-31(42)36(30)29(23-35(48)46-33(25-52-40(46)51)26-13-4-1-5-14-26)38(39(49)50)44-37(27-15-6-2-7-16-27)28-17-8-9-20-32(28)43-34(47)24-45-21-10-3-11-22-45;/h1-2,4-9,12-20,29,33,38H,3,10-11,21-25H2,(H2,43,44,47,49,50);/p-1/t29-,33-,38+;/m1./s1. The van der Waals surface area contributed by atoms with Crippen LogP contribution in [0.4, 0.5) is 19.3 Å². The number of piperidine rings is 1. The van der Waals surface area contributed by atoms with E-state index >= 15 is 8.78 Å². The van der Waals surface area contributed by atoms with Crippen molar-refractivity contribution in [2.75, 3.05) is 26.2 Å². The molecule has 0 unspecified atom stereocenters. The average molecular weight is 766 g/mol. The monoisotopic (exact) mass is 765 g/mol. The summed E-state index contributed by atoms with van der Waals surface area (Å²) in [5, 5.41) is 15.1. The van der Waals surface area contributed by atoms with Crippen LogP contribution in [-0.4, -0.2) is 76.8 Å². The summed E-state index contributed by atoms with van der Waals surface area (Å²) >= 11 is 0. The largest absolute Gasteiger partial charge is 0.625 e.